The third kappa shape index (κ3) is 2.85. The summed E-state index contributed by atoms with van der Waals surface area (Å²) in [5.41, 5.74) is 0.0942. The predicted octanol–water partition coefficient (Wildman–Crippen LogP) is 3.34. The molecule has 1 fully saturated rings. The fraction of sp³-hybridized carbons (Fsp3) is 0.812. The molecule has 1 N–H and O–H groups in total. The van der Waals surface area contributed by atoms with Gasteiger partial charge in [0, 0.05) is 6.54 Å². The van der Waals surface area contributed by atoms with Crippen LogP contribution < -0.4 is 4.74 Å². The summed E-state index contributed by atoms with van der Waals surface area (Å²) in [6.45, 7) is 7.45. The molecule has 4 nitrogen and oxygen atoms in total. The van der Waals surface area contributed by atoms with Gasteiger partial charge >= 0.3 is 0 Å². The van der Waals surface area contributed by atoms with E-state index in [0.717, 1.165) is 43.7 Å². The van der Waals surface area contributed by atoms with Gasteiger partial charge in [0.15, 0.2) is 5.75 Å². The van der Waals surface area contributed by atoms with Crippen molar-refractivity contribution >= 4 is 0 Å². The first-order valence-electron chi connectivity index (χ1n) is 7.84. The number of aliphatic hydroxyl groups is 1. The number of aromatic nitrogens is 2. The summed E-state index contributed by atoms with van der Waals surface area (Å²) < 4.78 is 7.38. The Kier molecular flexibility index (Phi) is 4.74. The Morgan fingerprint density at radius 3 is 2.90 bits per heavy atom. The normalized spacial score (nSPS) is 27.0. The van der Waals surface area contributed by atoms with E-state index >= 15 is 0 Å². The maximum absolute atomic E-state index is 11.2. The molecule has 0 amide bonds. The minimum Gasteiger partial charge on any atom is -0.493 e. The molecule has 1 heterocycles. The van der Waals surface area contributed by atoms with Crippen LogP contribution in [-0.4, -0.2) is 22.0 Å². The summed E-state index contributed by atoms with van der Waals surface area (Å²) in [5.74, 6) is 1.91. The lowest BCUT2D eigenvalue weighted by atomic mass is 9.72. The van der Waals surface area contributed by atoms with E-state index in [-0.39, 0.29) is 0 Å². The van der Waals surface area contributed by atoms with Gasteiger partial charge in [-0.05, 0) is 43.9 Å². The molecule has 114 valence electrons. The van der Waals surface area contributed by atoms with Crippen LogP contribution in [0.15, 0.2) is 6.20 Å². The van der Waals surface area contributed by atoms with E-state index in [0.29, 0.717) is 11.8 Å². The molecule has 1 aromatic rings. The van der Waals surface area contributed by atoms with Crippen molar-refractivity contribution in [1.82, 2.24) is 9.78 Å². The number of rotatable bonds is 5. The lowest BCUT2D eigenvalue weighted by molar-refractivity contribution is -0.0381. The number of hydrogen-bond donors (Lipinski definition) is 1. The molecule has 20 heavy (non-hydrogen) atoms. The van der Waals surface area contributed by atoms with Crippen LogP contribution in [0.2, 0.25) is 0 Å². The highest BCUT2D eigenvalue weighted by Gasteiger charge is 2.41. The molecule has 0 aromatic carbocycles. The molecular weight excluding hydrogens is 252 g/mol. The number of hydrogen-bond acceptors (Lipinski definition) is 3. The second-order valence-corrected chi connectivity index (χ2v) is 6.42. The molecule has 1 saturated carbocycles. The van der Waals surface area contributed by atoms with Crippen LogP contribution in [0.4, 0.5) is 0 Å². The molecule has 0 aliphatic heterocycles. The van der Waals surface area contributed by atoms with Crippen molar-refractivity contribution in [3.8, 4) is 5.75 Å². The Hall–Kier alpha value is -1.03. The van der Waals surface area contributed by atoms with E-state index in [2.05, 4.69) is 25.9 Å². The van der Waals surface area contributed by atoms with Crippen LogP contribution in [0, 0.1) is 11.8 Å². The molecule has 0 spiro atoms. The largest absolute Gasteiger partial charge is 0.493 e. The minimum atomic E-state index is -0.787. The SMILES string of the molecule is CCCn1ncc(OC)c1C1(O)CCCC(C(C)C)C1. The molecular formula is C16H28N2O2. The maximum Gasteiger partial charge on any atom is 0.162 e. The summed E-state index contributed by atoms with van der Waals surface area (Å²) in [7, 11) is 1.66. The summed E-state index contributed by atoms with van der Waals surface area (Å²) in [6, 6.07) is 0. The van der Waals surface area contributed by atoms with E-state index in [1.807, 2.05) is 4.68 Å². The van der Waals surface area contributed by atoms with Crippen molar-refractivity contribution in [2.24, 2.45) is 11.8 Å². The Morgan fingerprint density at radius 1 is 1.55 bits per heavy atom. The van der Waals surface area contributed by atoms with Crippen LogP contribution in [0.1, 0.15) is 58.6 Å². The number of nitrogens with zero attached hydrogens (tertiary/aromatic N) is 2. The predicted molar refractivity (Wildman–Crippen MR) is 79.8 cm³/mol. The number of ether oxygens (including phenoxy) is 1. The Bertz CT molecular complexity index is 442. The average molecular weight is 280 g/mol. The van der Waals surface area contributed by atoms with Gasteiger partial charge in [0.1, 0.15) is 11.3 Å². The molecule has 0 bridgehead atoms. The van der Waals surface area contributed by atoms with Gasteiger partial charge in [0.25, 0.3) is 0 Å². The van der Waals surface area contributed by atoms with Gasteiger partial charge in [0.05, 0.1) is 13.3 Å². The highest BCUT2D eigenvalue weighted by Crippen LogP contribution is 2.45. The second-order valence-electron chi connectivity index (χ2n) is 6.42. The molecule has 0 saturated heterocycles. The summed E-state index contributed by atoms with van der Waals surface area (Å²) >= 11 is 0. The molecule has 1 aliphatic carbocycles. The standard InChI is InChI=1S/C16H28N2O2/c1-5-9-18-15(14(20-4)11-17-18)16(19)8-6-7-13(10-16)12(2)3/h11-13,19H,5-10H2,1-4H3. The van der Waals surface area contributed by atoms with Gasteiger partial charge in [-0.1, -0.05) is 20.8 Å². The Balaban J connectivity index is 2.34. The topological polar surface area (TPSA) is 47.3 Å². The van der Waals surface area contributed by atoms with Crippen LogP contribution >= 0.6 is 0 Å². The van der Waals surface area contributed by atoms with Gasteiger partial charge in [-0.3, -0.25) is 4.68 Å². The monoisotopic (exact) mass is 280 g/mol. The highest BCUT2D eigenvalue weighted by atomic mass is 16.5. The summed E-state index contributed by atoms with van der Waals surface area (Å²) in [6.07, 6.45) is 6.64. The molecule has 2 unspecified atom stereocenters. The van der Waals surface area contributed by atoms with Crippen LogP contribution in [0.3, 0.4) is 0 Å². The van der Waals surface area contributed by atoms with Gasteiger partial charge in [-0.2, -0.15) is 5.10 Å². The summed E-state index contributed by atoms with van der Waals surface area (Å²) in [5, 5.41) is 15.6. The third-order valence-corrected chi connectivity index (χ3v) is 4.61. The van der Waals surface area contributed by atoms with Crippen LogP contribution in [0.5, 0.6) is 5.75 Å². The molecule has 1 aliphatic rings. The lowest BCUT2D eigenvalue weighted by Gasteiger charge is -2.39. The third-order valence-electron chi connectivity index (χ3n) is 4.61. The molecule has 2 rings (SSSR count). The Morgan fingerprint density at radius 2 is 2.30 bits per heavy atom. The zero-order valence-corrected chi connectivity index (χ0v) is 13.2. The van der Waals surface area contributed by atoms with Crippen LogP contribution in [-0.2, 0) is 12.1 Å². The van der Waals surface area contributed by atoms with Crippen molar-refractivity contribution in [2.75, 3.05) is 7.11 Å². The van der Waals surface area contributed by atoms with E-state index in [1.54, 1.807) is 13.3 Å². The number of aryl methyl sites for hydroxylation is 1. The minimum absolute atomic E-state index is 0.573. The van der Waals surface area contributed by atoms with E-state index in [1.165, 1.54) is 6.42 Å². The van der Waals surface area contributed by atoms with E-state index in [4.69, 9.17) is 4.74 Å². The van der Waals surface area contributed by atoms with Crippen molar-refractivity contribution in [3.05, 3.63) is 11.9 Å². The first-order chi connectivity index (χ1) is 9.51. The van der Waals surface area contributed by atoms with Crippen molar-refractivity contribution in [2.45, 2.75) is 65.0 Å². The molecule has 1 aromatic heterocycles. The van der Waals surface area contributed by atoms with E-state index < -0.39 is 5.60 Å². The quantitative estimate of drug-likeness (QED) is 0.900. The van der Waals surface area contributed by atoms with Gasteiger partial charge < -0.3 is 9.84 Å². The molecule has 4 heteroatoms. The number of methoxy groups -OCH3 is 1. The maximum atomic E-state index is 11.2. The van der Waals surface area contributed by atoms with Crippen LogP contribution in [0.25, 0.3) is 0 Å². The lowest BCUT2D eigenvalue weighted by Crippen LogP contribution is -2.36. The first-order valence-corrected chi connectivity index (χ1v) is 7.84. The van der Waals surface area contributed by atoms with Crippen molar-refractivity contribution in [3.63, 3.8) is 0 Å². The Labute approximate surface area is 122 Å². The average Bonchev–Trinajstić information content (AvgIpc) is 2.83. The smallest absolute Gasteiger partial charge is 0.162 e. The van der Waals surface area contributed by atoms with E-state index in [9.17, 15) is 5.11 Å². The summed E-state index contributed by atoms with van der Waals surface area (Å²) in [4.78, 5) is 0. The highest BCUT2D eigenvalue weighted by molar-refractivity contribution is 5.31. The zero-order valence-electron chi connectivity index (χ0n) is 13.2. The van der Waals surface area contributed by atoms with Gasteiger partial charge in [0.2, 0.25) is 0 Å². The fourth-order valence-corrected chi connectivity index (χ4v) is 3.45. The van der Waals surface area contributed by atoms with Gasteiger partial charge in [-0.15, -0.1) is 0 Å². The van der Waals surface area contributed by atoms with Gasteiger partial charge in [-0.25, -0.2) is 0 Å². The second kappa shape index (κ2) is 6.17. The van der Waals surface area contributed by atoms with Crippen molar-refractivity contribution in [1.29, 1.82) is 0 Å². The molecule has 2 atom stereocenters. The molecule has 0 radical (unpaired) electrons. The first kappa shape index (κ1) is 15.4. The fourth-order valence-electron chi connectivity index (χ4n) is 3.45. The zero-order chi connectivity index (χ0) is 14.8. The van der Waals surface area contributed by atoms with Crippen molar-refractivity contribution < 1.29 is 9.84 Å².